The van der Waals surface area contributed by atoms with E-state index >= 15 is 0 Å². The van der Waals surface area contributed by atoms with Crippen LogP contribution in [-0.2, 0) is 0 Å². The number of halogens is 3. The third-order valence-corrected chi connectivity index (χ3v) is 6.85. The van der Waals surface area contributed by atoms with Crippen LogP contribution in [0, 0.1) is 0 Å². The van der Waals surface area contributed by atoms with E-state index in [-0.39, 0.29) is 22.9 Å². The number of aromatic amines is 1. The smallest absolute Gasteiger partial charge is 0.425 e. The molecule has 12 heteroatoms. The number of benzene rings is 2. The van der Waals surface area contributed by atoms with Crippen LogP contribution in [0.3, 0.4) is 0 Å². The molecular formula is C27H28F3N7O2. The molecule has 0 spiro atoms. The summed E-state index contributed by atoms with van der Waals surface area (Å²) in [7, 11) is 1.57. The van der Waals surface area contributed by atoms with Gasteiger partial charge in [-0.2, -0.15) is 18.3 Å². The van der Waals surface area contributed by atoms with Gasteiger partial charge in [-0.15, -0.1) is 0 Å². The van der Waals surface area contributed by atoms with Crippen molar-refractivity contribution in [2.24, 2.45) is 0 Å². The van der Waals surface area contributed by atoms with Gasteiger partial charge in [-0.25, -0.2) is 0 Å². The Balaban J connectivity index is 1.51. The third kappa shape index (κ3) is 5.27. The van der Waals surface area contributed by atoms with E-state index in [4.69, 9.17) is 10.5 Å². The molecule has 0 bridgehead atoms. The number of anilines is 3. The van der Waals surface area contributed by atoms with Gasteiger partial charge in [0.15, 0.2) is 11.9 Å². The Labute approximate surface area is 222 Å². The van der Waals surface area contributed by atoms with Gasteiger partial charge >= 0.3 is 6.18 Å². The average molecular weight is 540 g/mol. The lowest BCUT2D eigenvalue weighted by molar-refractivity contribution is -0.188. The van der Waals surface area contributed by atoms with Crippen LogP contribution in [0.1, 0.15) is 17.3 Å². The van der Waals surface area contributed by atoms with Crippen LogP contribution >= 0.6 is 0 Å². The molecule has 0 aliphatic carbocycles. The lowest BCUT2D eigenvalue weighted by atomic mass is 9.99. The number of carbonyl (C=O) groups excluding carboxylic acids is 1. The van der Waals surface area contributed by atoms with Gasteiger partial charge in [-0.3, -0.25) is 14.9 Å². The maximum Gasteiger partial charge on any atom is 0.425 e. The molecule has 1 fully saturated rings. The first kappa shape index (κ1) is 26.1. The van der Waals surface area contributed by atoms with E-state index in [1.165, 1.54) is 6.07 Å². The van der Waals surface area contributed by atoms with E-state index in [0.29, 0.717) is 35.3 Å². The quantitative estimate of drug-likeness (QED) is 0.336. The molecular weight excluding hydrogens is 511 g/mol. The number of nitrogens with two attached hydrogens (primary N) is 1. The summed E-state index contributed by atoms with van der Waals surface area (Å²) in [4.78, 5) is 21.3. The highest BCUT2D eigenvalue weighted by atomic mass is 19.4. The van der Waals surface area contributed by atoms with E-state index in [2.05, 4.69) is 30.3 Å². The van der Waals surface area contributed by atoms with Crippen LogP contribution in [0.4, 0.5) is 30.4 Å². The molecule has 1 aliphatic rings. The number of aromatic nitrogens is 3. The topological polar surface area (TPSA) is 112 Å². The minimum atomic E-state index is -4.55. The summed E-state index contributed by atoms with van der Waals surface area (Å²) in [5.41, 5.74) is 9.93. The Hall–Kier alpha value is -4.48. The number of pyridine rings is 1. The fraction of sp³-hybridized carbons (Fsp3) is 0.296. The zero-order valence-electron chi connectivity index (χ0n) is 21.4. The normalized spacial score (nSPS) is 14.9. The van der Waals surface area contributed by atoms with E-state index in [0.717, 1.165) is 31.4 Å². The summed E-state index contributed by atoms with van der Waals surface area (Å²) < 4.78 is 45.2. The lowest BCUT2D eigenvalue weighted by Crippen LogP contribution is -2.47. The van der Waals surface area contributed by atoms with E-state index in [1.807, 2.05) is 24.4 Å². The molecule has 2 aromatic heterocycles. The highest BCUT2D eigenvalue weighted by molar-refractivity contribution is 6.01. The van der Waals surface area contributed by atoms with Gasteiger partial charge in [-0.1, -0.05) is 6.07 Å². The van der Waals surface area contributed by atoms with Gasteiger partial charge in [0.05, 0.1) is 34.0 Å². The van der Waals surface area contributed by atoms with E-state index in [9.17, 15) is 18.0 Å². The average Bonchev–Trinajstić information content (AvgIpc) is 3.33. The molecule has 2 aromatic carbocycles. The highest BCUT2D eigenvalue weighted by Gasteiger charge is 2.38. The maximum atomic E-state index is 13.3. The molecule has 1 unspecified atom stereocenters. The summed E-state index contributed by atoms with van der Waals surface area (Å²) >= 11 is 0. The molecule has 4 N–H and O–H groups in total. The first-order valence-electron chi connectivity index (χ1n) is 12.4. The molecule has 1 amide bonds. The Morgan fingerprint density at radius 1 is 1.10 bits per heavy atom. The summed E-state index contributed by atoms with van der Waals surface area (Å²) in [6.45, 7) is 3.73. The zero-order valence-corrected chi connectivity index (χ0v) is 21.4. The molecule has 4 aromatic rings. The predicted octanol–water partition coefficient (Wildman–Crippen LogP) is 4.22. The largest absolute Gasteiger partial charge is 0.480 e. The number of ether oxygens (including phenoxy) is 1. The number of nitrogens with zero attached hydrogens (tertiary/aromatic N) is 4. The number of alkyl halides is 3. The Morgan fingerprint density at radius 3 is 2.51 bits per heavy atom. The van der Waals surface area contributed by atoms with Crippen molar-refractivity contribution in [1.29, 1.82) is 0 Å². The van der Waals surface area contributed by atoms with Crippen molar-refractivity contribution in [2.75, 3.05) is 48.8 Å². The number of nitrogen functional groups attached to an aromatic ring is 1. The highest BCUT2D eigenvalue weighted by Crippen LogP contribution is 2.38. The van der Waals surface area contributed by atoms with E-state index < -0.39 is 12.3 Å². The number of piperazine rings is 1. The number of hydrogen-bond donors (Lipinski definition) is 3. The Kier molecular flexibility index (Phi) is 6.94. The molecule has 1 atom stereocenters. The molecule has 0 radical (unpaired) electrons. The fourth-order valence-corrected chi connectivity index (χ4v) is 4.71. The predicted molar refractivity (Wildman–Crippen MR) is 144 cm³/mol. The number of H-pyrrole nitrogens is 1. The number of fused-ring (bicyclic) bond motifs is 1. The summed E-state index contributed by atoms with van der Waals surface area (Å²) in [6, 6.07) is 12.5. The van der Waals surface area contributed by atoms with Gasteiger partial charge in [0, 0.05) is 39.4 Å². The van der Waals surface area contributed by atoms with Crippen molar-refractivity contribution in [3.63, 3.8) is 0 Å². The van der Waals surface area contributed by atoms with Crippen molar-refractivity contribution >= 4 is 34.0 Å². The van der Waals surface area contributed by atoms with Gasteiger partial charge in [0.2, 0.25) is 0 Å². The number of carbonyl (C=O) groups is 1. The second-order valence-electron chi connectivity index (χ2n) is 9.30. The first-order valence-corrected chi connectivity index (χ1v) is 12.4. The van der Waals surface area contributed by atoms with Crippen molar-refractivity contribution in [3.05, 3.63) is 60.4 Å². The fourth-order valence-electron chi connectivity index (χ4n) is 4.71. The summed E-state index contributed by atoms with van der Waals surface area (Å²) in [6.07, 6.45) is -3.05. The minimum Gasteiger partial charge on any atom is -0.480 e. The second-order valence-corrected chi connectivity index (χ2v) is 9.30. The lowest BCUT2D eigenvalue weighted by Gasteiger charge is -2.38. The molecule has 204 valence electrons. The zero-order chi connectivity index (χ0) is 27.7. The van der Waals surface area contributed by atoms with Crippen molar-refractivity contribution in [1.82, 2.24) is 20.5 Å². The molecule has 1 saturated heterocycles. The molecule has 0 saturated carbocycles. The van der Waals surface area contributed by atoms with Gasteiger partial charge < -0.3 is 25.6 Å². The SMILES string of the molecule is CNC(=O)c1ccc(-c2cc(OC(C)C(F)(F)F)c3c(N)n[nH]c3c2)cc1N1CCN(c2cccnc2)CC1. The number of amides is 1. The maximum absolute atomic E-state index is 13.3. The van der Waals surface area contributed by atoms with Crippen molar-refractivity contribution < 1.29 is 22.7 Å². The number of rotatable bonds is 6. The van der Waals surface area contributed by atoms with Gasteiger partial charge in [-0.05, 0) is 54.4 Å². The van der Waals surface area contributed by atoms with Crippen LogP contribution in [0.15, 0.2) is 54.9 Å². The summed E-state index contributed by atoms with van der Waals surface area (Å²) in [5, 5.41) is 9.69. The monoisotopic (exact) mass is 539 g/mol. The van der Waals surface area contributed by atoms with Gasteiger partial charge in [0.25, 0.3) is 5.91 Å². The second kappa shape index (κ2) is 10.4. The van der Waals surface area contributed by atoms with Crippen LogP contribution in [0.25, 0.3) is 22.0 Å². The first-order chi connectivity index (χ1) is 18.7. The van der Waals surface area contributed by atoms with Crippen LogP contribution < -0.4 is 25.6 Å². The summed E-state index contributed by atoms with van der Waals surface area (Å²) in [5.74, 6) is -0.213. The number of hydrogen-bond acceptors (Lipinski definition) is 7. The van der Waals surface area contributed by atoms with Crippen molar-refractivity contribution in [2.45, 2.75) is 19.2 Å². The Bertz CT molecular complexity index is 1480. The molecule has 5 rings (SSSR count). The van der Waals surface area contributed by atoms with E-state index in [1.54, 1.807) is 31.4 Å². The number of nitrogens with one attached hydrogen (secondary N) is 2. The Morgan fingerprint density at radius 2 is 1.85 bits per heavy atom. The molecule has 9 nitrogen and oxygen atoms in total. The van der Waals surface area contributed by atoms with Crippen LogP contribution in [-0.4, -0.2) is 66.6 Å². The van der Waals surface area contributed by atoms with Crippen molar-refractivity contribution in [3.8, 4) is 16.9 Å². The molecule has 1 aliphatic heterocycles. The third-order valence-electron chi connectivity index (χ3n) is 6.85. The van der Waals surface area contributed by atoms with Crippen LogP contribution in [0.2, 0.25) is 0 Å². The molecule has 39 heavy (non-hydrogen) atoms. The minimum absolute atomic E-state index is 0.0272. The standard InChI is InChI=1S/C27H28F3N7O2/c1-16(27(28,29)30)39-23-14-18(12-21-24(23)25(31)35-34-21)17-5-6-20(26(38)32-2)22(13-17)37-10-8-36(9-11-37)19-4-3-7-33-15-19/h3-7,12-16H,8-11H2,1-2H3,(H,32,38)(H3,31,34,35). The van der Waals surface area contributed by atoms with Crippen LogP contribution in [0.5, 0.6) is 5.75 Å². The molecule has 3 heterocycles. The van der Waals surface area contributed by atoms with Gasteiger partial charge in [0.1, 0.15) is 5.75 Å².